The smallest absolute Gasteiger partial charge is 0.294 e. The number of fused-ring (bicyclic) bond motifs is 1. The number of nitrogens with zero attached hydrogens (tertiary/aromatic N) is 2. The Kier molecular flexibility index (Phi) is 7.90. The van der Waals surface area contributed by atoms with E-state index in [0.717, 1.165) is 28.6 Å². The molecule has 2 aliphatic heterocycles. The Bertz CT molecular complexity index is 1490. The first-order chi connectivity index (χ1) is 18.8. The van der Waals surface area contributed by atoms with Gasteiger partial charge in [-0.1, -0.05) is 48.0 Å². The van der Waals surface area contributed by atoms with Gasteiger partial charge in [0, 0.05) is 13.1 Å². The van der Waals surface area contributed by atoms with Crippen molar-refractivity contribution in [3.8, 4) is 11.5 Å². The molecule has 10 heteroatoms. The fourth-order valence-corrected chi connectivity index (χ4v) is 5.59. The van der Waals surface area contributed by atoms with Gasteiger partial charge in [0.25, 0.3) is 11.1 Å². The maximum absolute atomic E-state index is 13.5. The molecule has 0 bridgehead atoms. The summed E-state index contributed by atoms with van der Waals surface area (Å²) in [5.74, 6) is -0.622. The number of thioether (sulfide) groups is 1. The van der Waals surface area contributed by atoms with E-state index < -0.39 is 11.1 Å². The van der Waals surface area contributed by atoms with Crippen molar-refractivity contribution in [2.75, 3.05) is 20.2 Å². The van der Waals surface area contributed by atoms with Gasteiger partial charge in [-0.15, -0.1) is 0 Å². The fourth-order valence-electron chi connectivity index (χ4n) is 4.48. The monoisotopic (exact) mass is 566 g/mol. The number of hydrogen-bond acceptors (Lipinski definition) is 6. The van der Waals surface area contributed by atoms with Crippen molar-refractivity contribution in [3.05, 3.63) is 98.7 Å². The van der Waals surface area contributed by atoms with Crippen molar-refractivity contribution < 1.29 is 28.2 Å². The second-order valence-corrected chi connectivity index (χ2v) is 10.5. The van der Waals surface area contributed by atoms with Gasteiger partial charge in [0.05, 0.1) is 17.0 Å². The first-order valence-electron chi connectivity index (χ1n) is 12.2. The number of benzene rings is 3. The number of imide groups is 1. The highest BCUT2D eigenvalue weighted by Gasteiger charge is 2.37. The quantitative estimate of drug-likeness (QED) is 0.342. The number of halogens is 2. The lowest BCUT2D eigenvalue weighted by Crippen LogP contribution is -2.44. The van der Waals surface area contributed by atoms with Crippen LogP contribution in [0.4, 0.5) is 9.18 Å². The highest BCUT2D eigenvalue weighted by atomic mass is 35.5. The summed E-state index contributed by atoms with van der Waals surface area (Å²) in [6, 6.07) is 17.1. The largest absolute Gasteiger partial charge is 0.493 e. The van der Waals surface area contributed by atoms with Crippen LogP contribution in [0.1, 0.15) is 22.3 Å². The number of hydrogen-bond donors (Lipinski definition) is 0. The maximum atomic E-state index is 13.5. The average Bonchev–Trinajstić information content (AvgIpc) is 3.19. The summed E-state index contributed by atoms with van der Waals surface area (Å²) in [5.41, 5.74) is 3.41. The minimum atomic E-state index is -0.544. The highest BCUT2D eigenvalue weighted by molar-refractivity contribution is 8.18. The van der Waals surface area contributed by atoms with Gasteiger partial charge in [0.15, 0.2) is 11.5 Å². The van der Waals surface area contributed by atoms with Crippen molar-refractivity contribution in [1.29, 1.82) is 0 Å². The Balaban J connectivity index is 1.28. The molecule has 3 aromatic carbocycles. The van der Waals surface area contributed by atoms with Gasteiger partial charge in [-0.2, -0.15) is 0 Å². The van der Waals surface area contributed by atoms with Gasteiger partial charge >= 0.3 is 0 Å². The van der Waals surface area contributed by atoms with Crippen LogP contribution >= 0.6 is 23.4 Å². The lowest BCUT2D eigenvalue weighted by atomic mass is 10.00. The van der Waals surface area contributed by atoms with Crippen LogP contribution in [-0.2, 0) is 29.2 Å². The molecular weight excluding hydrogens is 543 g/mol. The lowest BCUT2D eigenvalue weighted by Gasteiger charge is -2.29. The van der Waals surface area contributed by atoms with E-state index in [-0.39, 0.29) is 40.6 Å². The second kappa shape index (κ2) is 11.5. The Morgan fingerprint density at radius 2 is 1.90 bits per heavy atom. The zero-order chi connectivity index (χ0) is 27.5. The molecule has 5 rings (SSSR count). The number of ether oxygens (including phenoxy) is 2. The fraction of sp³-hybridized carbons (Fsp3) is 0.207. The van der Waals surface area contributed by atoms with Crippen LogP contribution in [0, 0.1) is 5.82 Å². The first-order valence-corrected chi connectivity index (χ1v) is 13.4. The van der Waals surface area contributed by atoms with Crippen LogP contribution in [0.15, 0.2) is 65.6 Å². The Morgan fingerprint density at radius 1 is 1.10 bits per heavy atom. The second-order valence-electron chi connectivity index (χ2n) is 9.05. The first kappa shape index (κ1) is 26.8. The van der Waals surface area contributed by atoms with Gasteiger partial charge in [0.2, 0.25) is 5.91 Å². The zero-order valence-corrected chi connectivity index (χ0v) is 22.6. The minimum Gasteiger partial charge on any atom is -0.493 e. The van der Waals surface area contributed by atoms with E-state index in [9.17, 15) is 18.8 Å². The van der Waals surface area contributed by atoms with E-state index in [1.807, 2.05) is 24.3 Å². The standard InChI is InChI=1S/C29H24ClFN2O5S/c1-37-24-13-19(12-23(30)27(24)38-17-18-5-4-8-22(31)11-18)14-25-28(35)33(29(36)39-25)16-26(34)32-10-9-20-6-2-3-7-21(20)15-32/h2-8,11-14H,9-10,15-17H2,1H3/b25-14-. The van der Waals surface area contributed by atoms with E-state index in [4.69, 9.17) is 21.1 Å². The summed E-state index contributed by atoms with van der Waals surface area (Å²) in [6.45, 7) is 0.741. The van der Waals surface area contributed by atoms with Crippen molar-refractivity contribution >= 4 is 46.5 Å². The molecule has 1 saturated heterocycles. The normalized spacial score (nSPS) is 16.0. The van der Waals surface area contributed by atoms with Gasteiger partial charge < -0.3 is 14.4 Å². The maximum Gasteiger partial charge on any atom is 0.294 e. The van der Waals surface area contributed by atoms with Crippen LogP contribution in [0.25, 0.3) is 6.08 Å². The van der Waals surface area contributed by atoms with Crippen molar-refractivity contribution in [2.24, 2.45) is 0 Å². The molecular formula is C29H24ClFN2O5S. The Labute approximate surface area is 234 Å². The van der Waals surface area contributed by atoms with Crippen molar-refractivity contribution in [3.63, 3.8) is 0 Å². The minimum absolute atomic E-state index is 0.0721. The lowest BCUT2D eigenvalue weighted by molar-refractivity contribution is -0.136. The van der Waals surface area contributed by atoms with Gasteiger partial charge in [0.1, 0.15) is 19.0 Å². The zero-order valence-electron chi connectivity index (χ0n) is 21.0. The van der Waals surface area contributed by atoms with Crippen molar-refractivity contribution in [1.82, 2.24) is 9.80 Å². The third kappa shape index (κ3) is 5.94. The van der Waals surface area contributed by atoms with Crippen LogP contribution < -0.4 is 9.47 Å². The molecule has 2 aliphatic rings. The molecule has 0 atom stereocenters. The summed E-state index contributed by atoms with van der Waals surface area (Å²) < 4.78 is 24.7. The predicted molar refractivity (Wildman–Crippen MR) is 147 cm³/mol. The molecule has 0 aliphatic carbocycles. The molecule has 0 unspecified atom stereocenters. The third-order valence-corrected chi connectivity index (χ3v) is 7.66. The molecule has 3 amide bonds. The summed E-state index contributed by atoms with van der Waals surface area (Å²) >= 11 is 7.22. The number of methoxy groups -OCH3 is 1. The van der Waals surface area contributed by atoms with Crippen LogP contribution in [0.3, 0.4) is 0 Å². The molecule has 0 aromatic heterocycles. The molecule has 0 N–H and O–H groups in total. The van der Waals surface area contributed by atoms with E-state index in [0.29, 0.717) is 30.0 Å². The summed E-state index contributed by atoms with van der Waals surface area (Å²) in [7, 11) is 1.45. The number of rotatable bonds is 7. The summed E-state index contributed by atoms with van der Waals surface area (Å²) in [6.07, 6.45) is 2.26. The Morgan fingerprint density at radius 3 is 2.67 bits per heavy atom. The Hall–Kier alpha value is -3.82. The van der Waals surface area contributed by atoms with E-state index in [2.05, 4.69) is 0 Å². The van der Waals surface area contributed by atoms with Crippen LogP contribution in [0.5, 0.6) is 11.5 Å². The van der Waals surface area contributed by atoms with Crippen LogP contribution in [-0.4, -0.2) is 47.1 Å². The molecule has 0 saturated carbocycles. The third-order valence-electron chi connectivity index (χ3n) is 6.47. The highest BCUT2D eigenvalue weighted by Crippen LogP contribution is 2.39. The number of carbonyl (C=O) groups excluding carboxylic acids is 3. The van der Waals surface area contributed by atoms with E-state index in [1.165, 1.54) is 30.9 Å². The van der Waals surface area contributed by atoms with E-state index in [1.54, 1.807) is 29.2 Å². The predicted octanol–water partition coefficient (Wildman–Crippen LogP) is 5.69. The molecule has 200 valence electrons. The molecule has 3 aromatic rings. The van der Waals surface area contributed by atoms with Gasteiger partial charge in [-0.3, -0.25) is 19.3 Å². The SMILES string of the molecule is COc1cc(/C=C2\SC(=O)N(CC(=O)N3CCc4ccccc4C3)C2=O)cc(Cl)c1OCc1cccc(F)c1. The van der Waals surface area contributed by atoms with E-state index >= 15 is 0 Å². The average molecular weight is 567 g/mol. The summed E-state index contributed by atoms with van der Waals surface area (Å²) in [5, 5.41) is -0.290. The molecule has 7 nitrogen and oxygen atoms in total. The van der Waals surface area contributed by atoms with Gasteiger partial charge in [-0.25, -0.2) is 4.39 Å². The molecule has 1 fully saturated rings. The molecule has 39 heavy (non-hydrogen) atoms. The topological polar surface area (TPSA) is 76.2 Å². The van der Waals surface area contributed by atoms with Gasteiger partial charge in [-0.05, 0) is 70.8 Å². The van der Waals surface area contributed by atoms with Crippen LogP contribution in [0.2, 0.25) is 5.02 Å². The van der Waals surface area contributed by atoms with Crippen molar-refractivity contribution in [2.45, 2.75) is 19.6 Å². The molecule has 2 heterocycles. The summed E-state index contributed by atoms with van der Waals surface area (Å²) in [4.78, 5) is 41.5. The number of carbonyl (C=O) groups is 3. The molecule has 0 radical (unpaired) electrons. The number of amides is 3. The molecule has 0 spiro atoms.